The summed E-state index contributed by atoms with van der Waals surface area (Å²) in [6.07, 6.45) is 6.91. The van der Waals surface area contributed by atoms with E-state index in [1.807, 2.05) is 0 Å². The van der Waals surface area contributed by atoms with Crippen LogP contribution in [0.4, 0.5) is 0 Å². The van der Waals surface area contributed by atoms with Crippen LogP contribution in [0.25, 0.3) is 10.9 Å². The van der Waals surface area contributed by atoms with Crippen LogP contribution in [0.5, 0.6) is 0 Å². The number of hydrogen-bond donors (Lipinski definition) is 1. The maximum absolute atomic E-state index is 3.63. The molecule has 2 aliphatic rings. The molecule has 0 spiro atoms. The first-order chi connectivity index (χ1) is 8.28. The Morgan fingerprint density at radius 2 is 2.06 bits per heavy atom. The van der Waals surface area contributed by atoms with Crippen LogP contribution in [0.3, 0.4) is 0 Å². The third-order valence-corrected chi connectivity index (χ3v) is 5.20. The summed E-state index contributed by atoms with van der Waals surface area (Å²) in [5.41, 5.74) is 5.10. The van der Waals surface area contributed by atoms with Crippen LogP contribution in [-0.2, 0) is 6.42 Å². The van der Waals surface area contributed by atoms with Crippen molar-refractivity contribution in [1.29, 1.82) is 0 Å². The first kappa shape index (κ1) is 9.76. The first-order valence-electron chi connectivity index (χ1n) is 6.87. The largest absolute Gasteiger partial charge is 0.358 e. The monoisotopic (exact) mass is 225 g/mol. The van der Waals surface area contributed by atoms with Crippen molar-refractivity contribution in [2.24, 2.45) is 5.41 Å². The highest BCUT2D eigenvalue weighted by Gasteiger charge is 2.44. The van der Waals surface area contributed by atoms with Gasteiger partial charge in [-0.15, -0.1) is 0 Å². The predicted octanol–water partition coefficient (Wildman–Crippen LogP) is 4.39. The van der Waals surface area contributed by atoms with E-state index in [1.54, 1.807) is 5.56 Å². The minimum Gasteiger partial charge on any atom is -0.358 e. The number of hydrogen-bond acceptors (Lipinski definition) is 0. The molecule has 1 nitrogen and oxygen atoms in total. The third kappa shape index (κ3) is 1.20. The number of nitrogens with one attached hydrogen (secondary N) is 1. The third-order valence-electron chi connectivity index (χ3n) is 5.20. The van der Waals surface area contributed by atoms with Crippen molar-refractivity contribution in [3.8, 4) is 0 Å². The van der Waals surface area contributed by atoms with Crippen LogP contribution in [-0.4, -0.2) is 4.98 Å². The molecule has 1 unspecified atom stereocenters. The molecule has 2 aliphatic carbocycles. The van der Waals surface area contributed by atoms with Gasteiger partial charge in [-0.2, -0.15) is 0 Å². The molecule has 1 atom stereocenters. The second-order valence-corrected chi connectivity index (χ2v) is 6.16. The number of H-pyrrole nitrogens is 1. The van der Waals surface area contributed by atoms with Gasteiger partial charge in [0.1, 0.15) is 0 Å². The lowest BCUT2D eigenvalue weighted by atomic mass is 9.61. The number of aromatic amines is 1. The first-order valence-corrected chi connectivity index (χ1v) is 6.87. The van der Waals surface area contributed by atoms with Crippen LogP contribution in [0.15, 0.2) is 24.3 Å². The van der Waals surface area contributed by atoms with E-state index in [2.05, 4.69) is 36.2 Å². The van der Waals surface area contributed by atoms with Gasteiger partial charge in [-0.1, -0.05) is 31.5 Å². The van der Waals surface area contributed by atoms with Gasteiger partial charge in [-0.25, -0.2) is 0 Å². The fraction of sp³-hybridized carbons (Fsp3) is 0.500. The Morgan fingerprint density at radius 1 is 1.24 bits per heavy atom. The van der Waals surface area contributed by atoms with E-state index in [0.29, 0.717) is 5.41 Å². The zero-order chi connectivity index (χ0) is 11.5. The van der Waals surface area contributed by atoms with E-state index in [9.17, 15) is 0 Å². The normalized spacial score (nSPS) is 25.8. The summed E-state index contributed by atoms with van der Waals surface area (Å²) >= 11 is 0. The average molecular weight is 225 g/mol. The molecule has 1 saturated carbocycles. The van der Waals surface area contributed by atoms with E-state index in [4.69, 9.17) is 0 Å². The Kier molecular flexibility index (Phi) is 1.81. The van der Waals surface area contributed by atoms with Crippen molar-refractivity contribution in [1.82, 2.24) is 4.98 Å². The van der Waals surface area contributed by atoms with Gasteiger partial charge in [-0.3, -0.25) is 0 Å². The van der Waals surface area contributed by atoms with Gasteiger partial charge in [0, 0.05) is 16.6 Å². The van der Waals surface area contributed by atoms with E-state index < -0.39 is 0 Å². The van der Waals surface area contributed by atoms with Crippen LogP contribution < -0.4 is 0 Å². The summed E-state index contributed by atoms with van der Waals surface area (Å²) in [4.78, 5) is 3.63. The van der Waals surface area contributed by atoms with Crippen molar-refractivity contribution in [2.45, 2.75) is 44.9 Å². The smallest absolute Gasteiger partial charge is 0.0459 e. The average Bonchev–Trinajstić information content (AvgIpc) is 2.84. The highest BCUT2D eigenvalue weighted by molar-refractivity contribution is 5.86. The fourth-order valence-corrected chi connectivity index (χ4v) is 4.03. The number of aryl methyl sites for hydroxylation is 1. The Bertz CT molecular complexity index is 574. The summed E-state index contributed by atoms with van der Waals surface area (Å²) in [6.45, 7) is 2.50. The Morgan fingerprint density at radius 3 is 2.82 bits per heavy atom. The highest BCUT2D eigenvalue weighted by atomic mass is 14.7. The molecular weight excluding hydrogens is 206 g/mol. The molecule has 1 heteroatoms. The summed E-state index contributed by atoms with van der Waals surface area (Å²) in [7, 11) is 0. The van der Waals surface area contributed by atoms with E-state index in [-0.39, 0.29) is 0 Å². The lowest BCUT2D eigenvalue weighted by molar-refractivity contribution is 0.117. The van der Waals surface area contributed by atoms with E-state index in [0.717, 1.165) is 5.92 Å². The fourth-order valence-electron chi connectivity index (χ4n) is 4.03. The molecule has 17 heavy (non-hydrogen) atoms. The molecule has 0 aliphatic heterocycles. The molecule has 1 fully saturated rings. The minimum absolute atomic E-state index is 0.593. The Balaban J connectivity index is 1.90. The molecule has 88 valence electrons. The molecule has 1 N–H and O–H groups in total. The molecule has 1 aromatic heterocycles. The Labute approximate surface area is 102 Å². The number of aromatic nitrogens is 1. The van der Waals surface area contributed by atoms with Crippen molar-refractivity contribution < 1.29 is 0 Å². The van der Waals surface area contributed by atoms with Gasteiger partial charge < -0.3 is 4.98 Å². The molecule has 0 radical (unpaired) electrons. The number of rotatable bonds is 1. The van der Waals surface area contributed by atoms with Crippen LogP contribution in [0.1, 0.15) is 49.8 Å². The summed E-state index contributed by atoms with van der Waals surface area (Å²) in [6, 6.07) is 8.82. The van der Waals surface area contributed by atoms with Crippen molar-refractivity contribution in [2.75, 3.05) is 0 Å². The number of benzene rings is 1. The summed E-state index contributed by atoms with van der Waals surface area (Å²) in [5.74, 6) is 0.808. The number of fused-ring (bicyclic) bond motifs is 3. The van der Waals surface area contributed by atoms with Crippen LogP contribution >= 0.6 is 0 Å². The van der Waals surface area contributed by atoms with Crippen LogP contribution in [0, 0.1) is 5.41 Å². The second kappa shape index (κ2) is 3.16. The van der Waals surface area contributed by atoms with E-state index in [1.165, 1.54) is 48.7 Å². The van der Waals surface area contributed by atoms with Crippen molar-refractivity contribution in [3.63, 3.8) is 0 Å². The van der Waals surface area contributed by atoms with Gasteiger partial charge in [-0.05, 0) is 48.6 Å². The standard InChI is InChI=1S/C16H19N/c1-16(9-4-10-16)12-7-8-14-15(12)11-5-2-3-6-13(11)17-14/h2-3,5-6,12,17H,4,7-10H2,1H3. The molecule has 2 aromatic rings. The molecule has 1 aromatic carbocycles. The van der Waals surface area contributed by atoms with Gasteiger partial charge >= 0.3 is 0 Å². The van der Waals surface area contributed by atoms with Gasteiger partial charge in [0.15, 0.2) is 0 Å². The predicted molar refractivity (Wildman–Crippen MR) is 71.3 cm³/mol. The van der Waals surface area contributed by atoms with Gasteiger partial charge in [0.05, 0.1) is 0 Å². The molecule has 0 bridgehead atoms. The maximum atomic E-state index is 3.63. The molecule has 1 heterocycles. The lowest BCUT2D eigenvalue weighted by Crippen LogP contribution is -2.31. The topological polar surface area (TPSA) is 15.8 Å². The van der Waals surface area contributed by atoms with Crippen LogP contribution in [0.2, 0.25) is 0 Å². The number of para-hydroxylation sites is 1. The van der Waals surface area contributed by atoms with E-state index >= 15 is 0 Å². The highest BCUT2D eigenvalue weighted by Crippen LogP contribution is 2.57. The zero-order valence-electron chi connectivity index (χ0n) is 10.4. The zero-order valence-corrected chi connectivity index (χ0v) is 10.4. The van der Waals surface area contributed by atoms with Gasteiger partial charge in [0.25, 0.3) is 0 Å². The quantitative estimate of drug-likeness (QED) is 0.741. The van der Waals surface area contributed by atoms with Crippen molar-refractivity contribution in [3.05, 3.63) is 35.5 Å². The lowest BCUT2D eigenvalue weighted by Gasteiger charge is -2.44. The maximum Gasteiger partial charge on any atom is 0.0459 e. The molecular formula is C16H19N. The molecule has 0 amide bonds. The molecule has 0 saturated heterocycles. The second-order valence-electron chi connectivity index (χ2n) is 6.16. The summed E-state index contributed by atoms with van der Waals surface area (Å²) < 4.78 is 0. The Hall–Kier alpha value is -1.24. The van der Waals surface area contributed by atoms with Crippen molar-refractivity contribution >= 4 is 10.9 Å². The van der Waals surface area contributed by atoms with Gasteiger partial charge in [0.2, 0.25) is 0 Å². The SMILES string of the molecule is CC1(C2CCc3[nH]c4ccccc4c32)CCC1. The summed E-state index contributed by atoms with van der Waals surface area (Å²) in [5, 5.41) is 1.48. The molecule has 4 rings (SSSR count). The minimum atomic E-state index is 0.593.